The van der Waals surface area contributed by atoms with Crippen molar-refractivity contribution in [2.24, 2.45) is 0 Å². The standard InChI is InChI=1S/C20H22N2O4S2/c1-12-4-2-5-13(10-12)18(23)22-20-17(15-6-3-7-16(15)27-20)19(24)21-14-8-9-28(25,26)11-14/h2,4-5,10,14H,3,6-9,11H2,1H3,(H,21,24)(H,22,23)/t14-/m0/s1. The number of hydrogen-bond donors (Lipinski definition) is 2. The third-order valence-corrected chi connectivity index (χ3v) is 8.20. The van der Waals surface area contributed by atoms with Crippen molar-refractivity contribution in [3.05, 3.63) is 51.4 Å². The van der Waals surface area contributed by atoms with E-state index in [0.717, 1.165) is 35.3 Å². The minimum atomic E-state index is -3.07. The molecule has 1 aromatic heterocycles. The second-order valence-electron chi connectivity index (χ2n) is 7.46. The number of aryl methyl sites for hydroxylation is 2. The van der Waals surface area contributed by atoms with Crippen LogP contribution in [0.4, 0.5) is 5.00 Å². The first-order chi connectivity index (χ1) is 13.3. The van der Waals surface area contributed by atoms with Gasteiger partial charge in [-0.05, 0) is 50.3 Å². The molecular formula is C20H22N2O4S2. The molecule has 2 amide bonds. The van der Waals surface area contributed by atoms with Crippen LogP contribution < -0.4 is 10.6 Å². The van der Waals surface area contributed by atoms with E-state index in [1.807, 2.05) is 19.1 Å². The molecule has 148 valence electrons. The van der Waals surface area contributed by atoms with E-state index in [1.54, 1.807) is 12.1 Å². The van der Waals surface area contributed by atoms with Crippen molar-refractivity contribution in [1.82, 2.24) is 5.32 Å². The van der Waals surface area contributed by atoms with Crippen molar-refractivity contribution >= 4 is 38.0 Å². The van der Waals surface area contributed by atoms with E-state index in [0.29, 0.717) is 22.5 Å². The second-order valence-corrected chi connectivity index (χ2v) is 10.8. The summed E-state index contributed by atoms with van der Waals surface area (Å²) in [5, 5.41) is 6.32. The lowest BCUT2D eigenvalue weighted by Crippen LogP contribution is -2.36. The number of amides is 2. The summed E-state index contributed by atoms with van der Waals surface area (Å²) in [6.07, 6.45) is 3.13. The molecule has 28 heavy (non-hydrogen) atoms. The van der Waals surface area contributed by atoms with Crippen LogP contribution in [0.1, 0.15) is 49.6 Å². The Morgan fingerprint density at radius 2 is 2.00 bits per heavy atom. The summed E-state index contributed by atoms with van der Waals surface area (Å²) < 4.78 is 23.4. The third-order valence-electron chi connectivity index (χ3n) is 5.22. The van der Waals surface area contributed by atoms with Gasteiger partial charge in [0.05, 0.1) is 17.1 Å². The first-order valence-corrected chi connectivity index (χ1v) is 12.0. The zero-order valence-electron chi connectivity index (χ0n) is 15.6. The molecule has 2 heterocycles. The summed E-state index contributed by atoms with van der Waals surface area (Å²) in [6.45, 7) is 1.92. The van der Waals surface area contributed by atoms with Gasteiger partial charge in [-0.2, -0.15) is 0 Å². The number of thiophene rings is 1. The number of fused-ring (bicyclic) bond motifs is 1. The van der Waals surface area contributed by atoms with Gasteiger partial charge in [-0.15, -0.1) is 11.3 Å². The zero-order valence-corrected chi connectivity index (χ0v) is 17.2. The summed E-state index contributed by atoms with van der Waals surface area (Å²) in [7, 11) is -3.07. The third kappa shape index (κ3) is 3.84. The van der Waals surface area contributed by atoms with Crippen LogP contribution in [-0.4, -0.2) is 37.8 Å². The number of anilines is 1. The fraction of sp³-hybridized carbons (Fsp3) is 0.400. The van der Waals surface area contributed by atoms with E-state index < -0.39 is 9.84 Å². The van der Waals surface area contributed by atoms with Gasteiger partial charge in [0.2, 0.25) is 0 Å². The van der Waals surface area contributed by atoms with Crippen LogP contribution in [0.15, 0.2) is 24.3 Å². The summed E-state index contributed by atoms with van der Waals surface area (Å²) >= 11 is 1.45. The smallest absolute Gasteiger partial charge is 0.256 e. The highest BCUT2D eigenvalue weighted by molar-refractivity contribution is 7.91. The summed E-state index contributed by atoms with van der Waals surface area (Å²) in [6, 6.07) is 6.93. The Labute approximate surface area is 168 Å². The minimum absolute atomic E-state index is 0.0178. The van der Waals surface area contributed by atoms with Crippen LogP contribution in [0.3, 0.4) is 0 Å². The quantitative estimate of drug-likeness (QED) is 0.799. The van der Waals surface area contributed by atoms with E-state index in [2.05, 4.69) is 10.6 Å². The topological polar surface area (TPSA) is 92.3 Å². The molecule has 2 aromatic rings. The first-order valence-electron chi connectivity index (χ1n) is 9.36. The van der Waals surface area contributed by atoms with Gasteiger partial charge in [-0.3, -0.25) is 9.59 Å². The van der Waals surface area contributed by atoms with Gasteiger partial charge in [0, 0.05) is 16.5 Å². The molecule has 0 saturated carbocycles. The Kier molecular flexibility index (Phi) is 5.01. The largest absolute Gasteiger partial charge is 0.348 e. The number of sulfone groups is 1. The van der Waals surface area contributed by atoms with Gasteiger partial charge >= 0.3 is 0 Å². The molecule has 2 N–H and O–H groups in total. The van der Waals surface area contributed by atoms with Crippen LogP contribution in [0.2, 0.25) is 0 Å². The lowest BCUT2D eigenvalue weighted by atomic mass is 10.1. The van der Waals surface area contributed by atoms with E-state index in [1.165, 1.54) is 11.3 Å². The minimum Gasteiger partial charge on any atom is -0.348 e. The fourth-order valence-electron chi connectivity index (χ4n) is 3.86. The highest BCUT2D eigenvalue weighted by atomic mass is 32.2. The van der Waals surface area contributed by atoms with Gasteiger partial charge in [-0.1, -0.05) is 17.7 Å². The second kappa shape index (κ2) is 7.33. The lowest BCUT2D eigenvalue weighted by Gasteiger charge is -2.13. The number of carbonyl (C=O) groups excluding carboxylic acids is 2. The van der Waals surface area contributed by atoms with Crippen molar-refractivity contribution in [2.45, 2.75) is 38.6 Å². The normalized spacial score (nSPS) is 20.0. The first kappa shape index (κ1) is 19.1. The van der Waals surface area contributed by atoms with E-state index in [-0.39, 0.29) is 29.4 Å². The number of benzene rings is 1. The van der Waals surface area contributed by atoms with Gasteiger partial charge < -0.3 is 10.6 Å². The Morgan fingerprint density at radius 3 is 2.71 bits per heavy atom. The molecule has 6 nitrogen and oxygen atoms in total. The van der Waals surface area contributed by atoms with Crippen molar-refractivity contribution < 1.29 is 18.0 Å². The average Bonchev–Trinajstić information content (AvgIpc) is 3.29. The van der Waals surface area contributed by atoms with Crippen LogP contribution in [-0.2, 0) is 22.7 Å². The highest BCUT2D eigenvalue weighted by Crippen LogP contribution is 2.39. The average molecular weight is 419 g/mol. The number of hydrogen-bond acceptors (Lipinski definition) is 5. The zero-order chi connectivity index (χ0) is 19.9. The molecule has 4 rings (SSSR count). The SMILES string of the molecule is Cc1cccc(C(=O)Nc2sc3c(c2C(=O)N[C@H]2CCS(=O)(=O)C2)CCC3)c1. The maximum Gasteiger partial charge on any atom is 0.256 e. The molecule has 1 fully saturated rings. The van der Waals surface area contributed by atoms with Crippen molar-refractivity contribution in [2.75, 3.05) is 16.8 Å². The van der Waals surface area contributed by atoms with Gasteiger partial charge in [0.25, 0.3) is 11.8 Å². The molecule has 1 atom stereocenters. The molecule has 1 saturated heterocycles. The molecule has 0 unspecified atom stereocenters. The Bertz CT molecular complexity index is 1060. The number of nitrogens with one attached hydrogen (secondary N) is 2. The molecule has 0 radical (unpaired) electrons. The Hall–Kier alpha value is -2.19. The Balaban J connectivity index is 1.58. The highest BCUT2D eigenvalue weighted by Gasteiger charge is 2.32. The number of carbonyl (C=O) groups is 2. The molecule has 2 aliphatic rings. The number of rotatable bonds is 4. The molecule has 0 spiro atoms. The predicted octanol–water partition coefficient (Wildman–Crippen LogP) is 2.71. The van der Waals surface area contributed by atoms with Crippen LogP contribution >= 0.6 is 11.3 Å². The summed E-state index contributed by atoms with van der Waals surface area (Å²) in [4.78, 5) is 26.8. The van der Waals surface area contributed by atoms with E-state index >= 15 is 0 Å². The van der Waals surface area contributed by atoms with Crippen LogP contribution in [0.25, 0.3) is 0 Å². The van der Waals surface area contributed by atoms with Crippen molar-refractivity contribution in [3.63, 3.8) is 0 Å². The Morgan fingerprint density at radius 1 is 1.18 bits per heavy atom. The maximum absolute atomic E-state index is 13.0. The fourth-order valence-corrected chi connectivity index (χ4v) is 6.82. The molecular weight excluding hydrogens is 396 g/mol. The molecule has 1 aliphatic carbocycles. The summed E-state index contributed by atoms with van der Waals surface area (Å²) in [5.74, 6) is -0.450. The lowest BCUT2D eigenvalue weighted by molar-refractivity contribution is 0.0941. The summed E-state index contributed by atoms with van der Waals surface area (Å²) in [5.41, 5.74) is 3.02. The predicted molar refractivity (Wildman–Crippen MR) is 110 cm³/mol. The molecule has 0 bridgehead atoms. The van der Waals surface area contributed by atoms with Crippen molar-refractivity contribution in [1.29, 1.82) is 0 Å². The van der Waals surface area contributed by atoms with Crippen LogP contribution in [0, 0.1) is 6.92 Å². The van der Waals surface area contributed by atoms with Crippen molar-refractivity contribution in [3.8, 4) is 0 Å². The van der Waals surface area contributed by atoms with Gasteiger partial charge in [-0.25, -0.2) is 8.42 Å². The molecule has 1 aliphatic heterocycles. The monoisotopic (exact) mass is 418 g/mol. The van der Waals surface area contributed by atoms with Gasteiger partial charge in [0.1, 0.15) is 5.00 Å². The van der Waals surface area contributed by atoms with E-state index in [9.17, 15) is 18.0 Å². The molecule has 1 aromatic carbocycles. The van der Waals surface area contributed by atoms with Crippen LogP contribution in [0.5, 0.6) is 0 Å². The van der Waals surface area contributed by atoms with E-state index in [4.69, 9.17) is 0 Å². The molecule has 8 heteroatoms. The van der Waals surface area contributed by atoms with Gasteiger partial charge in [0.15, 0.2) is 9.84 Å². The maximum atomic E-state index is 13.0.